The zero-order chi connectivity index (χ0) is 9.80. The lowest BCUT2D eigenvalue weighted by molar-refractivity contribution is 0.613. The third kappa shape index (κ3) is 2.46. The largest absolute Gasteiger partial charge is 0.313 e. The molecular formula is C13H17N. The molecule has 1 aromatic carbocycles. The van der Waals surface area contributed by atoms with Gasteiger partial charge in [0.25, 0.3) is 0 Å². The van der Waals surface area contributed by atoms with Crippen LogP contribution in [-0.4, -0.2) is 13.1 Å². The lowest BCUT2D eigenvalue weighted by Gasteiger charge is -2.15. The van der Waals surface area contributed by atoms with E-state index in [1.807, 2.05) is 0 Å². The molecule has 0 atom stereocenters. The average molecular weight is 187 g/mol. The van der Waals surface area contributed by atoms with Gasteiger partial charge in [0.1, 0.15) is 0 Å². The fraction of sp³-hybridized carbons (Fsp3) is 0.385. The first-order valence-electron chi connectivity index (χ1n) is 5.31. The highest BCUT2D eigenvalue weighted by atomic mass is 14.9. The van der Waals surface area contributed by atoms with Crippen molar-refractivity contribution in [3.8, 4) is 0 Å². The summed E-state index contributed by atoms with van der Waals surface area (Å²) >= 11 is 0. The monoisotopic (exact) mass is 187 g/mol. The fourth-order valence-electron chi connectivity index (χ4n) is 1.80. The van der Waals surface area contributed by atoms with Crippen molar-refractivity contribution in [2.75, 3.05) is 13.1 Å². The Morgan fingerprint density at radius 1 is 1.21 bits per heavy atom. The molecule has 1 N–H and O–H groups in total. The SMILES string of the molecule is Cc1ccc(C=C2CCCNC2)cc1. The van der Waals surface area contributed by atoms with E-state index < -0.39 is 0 Å². The van der Waals surface area contributed by atoms with Crippen molar-refractivity contribution in [3.63, 3.8) is 0 Å². The van der Waals surface area contributed by atoms with E-state index in [0.717, 1.165) is 6.54 Å². The summed E-state index contributed by atoms with van der Waals surface area (Å²) in [5.41, 5.74) is 4.18. The van der Waals surface area contributed by atoms with Crippen molar-refractivity contribution in [2.45, 2.75) is 19.8 Å². The predicted molar refractivity (Wildman–Crippen MR) is 61.3 cm³/mol. The smallest absolute Gasteiger partial charge is 0.0167 e. The normalized spacial score (nSPS) is 19.9. The van der Waals surface area contributed by atoms with Crippen LogP contribution in [0.3, 0.4) is 0 Å². The maximum atomic E-state index is 3.40. The summed E-state index contributed by atoms with van der Waals surface area (Å²) in [7, 11) is 0. The lowest BCUT2D eigenvalue weighted by Crippen LogP contribution is -2.23. The van der Waals surface area contributed by atoms with Crippen LogP contribution in [0.25, 0.3) is 6.08 Å². The Balaban J connectivity index is 2.11. The van der Waals surface area contributed by atoms with Crippen LogP contribution in [-0.2, 0) is 0 Å². The number of aryl methyl sites for hydroxylation is 1. The molecule has 0 radical (unpaired) electrons. The molecule has 1 nitrogen and oxygen atoms in total. The first-order chi connectivity index (χ1) is 6.84. The molecule has 0 amide bonds. The Labute approximate surface area is 85.8 Å². The van der Waals surface area contributed by atoms with Gasteiger partial charge < -0.3 is 5.32 Å². The van der Waals surface area contributed by atoms with Crippen LogP contribution in [0.4, 0.5) is 0 Å². The van der Waals surface area contributed by atoms with Crippen LogP contribution in [0, 0.1) is 6.92 Å². The van der Waals surface area contributed by atoms with Gasteiger partial charge >= 0.3 is 0 Å². The van der Waals surface area contributed by atoms with E-state index in [2.05, 4.69) is 42.6 Å². The van der Waals surface area contributed by atoms with Gasteiger partial charge in [-0.2, -0.15) is 0 Å². The van der Waals surface area contributed by atoms with Gasteiger partial charge in [0.2, 0.25) is 0 Å². The Morgan fingerprint density at radius 3 is 2.64 bits per heavy atom. The molecule has 0 saturated carbocycles. The van der Waals surface area contributed by atoms with E-state index in [-0.39, 0.29) is 0 Å². The Bertz CT molecular complexity index is 314. The van der Waals surface area contributed by atoms with Gasteiger partial charge in [0.15, 0.2) is 0 Å². The minimum atomic E-state index is 1.06. The van der Waals surface area contributed by atoms with Gasteiger partial charge in [-0.05, 0) is 31.9 Å². The molecule has 1 aromatic rings. The fourth-order valence-corrected chi connectivity index (χ4v) is 1.80. The standard InChI is InChI=1S/C13H17N/c1-11-4-6-12(7-5-11)9-13-3-2-8-14-10-13/h4-7,9,14H,2-3,8,10H2,1H3. The summed E-state index contributed by atoms with van der Waals surface area (Å²) in [4.78, 5) is 0. The zero-order valence-corrected chi connectivity index (χ0v) is 8.72. The highest BCUT2D eigenvalue weighted by molar-refractivity contribution is 5.53. The molecule has 1 aliphatic rings. The number of piperidine rings is 1. The van der Waals surface area contributed by atoms with Crippen LogP contribution in [0.15, 0.2) is 29.8 Å². The molecule has 1 saturated heterocycles. The van der Waals surface area contributed by atoms with Crippen LogP contribution in [0.5, 0.6) is 0 Å². The molecular weight excluding hydrogens is 170 g/mol. The summed E-state index contributed by atoms with van der Waals surface area (Å²) in [5, 5.41) is 3.40. The number of nitrogens with one attached hydrogen (secondary N) is 1. The molecule has 0 unspecified atom stereocenters. The molecule has 74 valence electrons. The van der Waals surface area contributed by atoms with Crippen LogP contribution in [0.1, 0.15) is 24.0 Å². The molecule has 0 aliphatic carbocycles. The number of rotatable bonds is 1. The van der Waals surface area contributed by atoms with Crippen molar-refractivity contribution in [2.24, 2.45) is 0 Å². The maximum Gasteiger partial charge on any atom is 0.0167 e. The van der Waals surface area contributed by atoms with Crippen molar-refractivity contribution in [3.05, 3.63) is 41.0 Å². The van der Waals surface area contributed by atoms with Crippen molar-refractivity contribution >= 4 is 6.08 Å². The first kappa shape index (κ1) is 9.47. The van der Waals surface area contributed by atoms with E-state index in [9.17, 15) is 0 Å². The summed E-state index contributed by atoms with van der Waals surface area (Å²) in [6.07, 6.45) is 4.84. The first-order valence-corrected chi connectivity index (χ1v) is 5.31. The number of hydrogen-bond acceptors (Lipinski definition) is 1. The van der Waals surface area contributed by atoms with E-state index in [1.54, 1.807) is 0 Å². The van der Waals surface area contributed by atoms with Gasteiger partial charge in [0.05, 0.1) is 0 Å². The third-order valence-corrected chi connectivity index (χ3v) is 2.65. The highest BCUT2D eigenvalue weighted by Crippen LogP contribution is 2.14. The molecule has 0 spiro atoms. The summed E-state index contributed by atoms with van der Waals surface area (Å²) < 4.78 is 0. The van der Waals surface area contributed by atoms with E-state index >= 15 is 0 Å². The Kier molecular flexibility index (Phi) is 3.00. The second-order valence-electron chi connectivity index (χ2n) is 3.99. The predicted octanol–water partition coefficient (Wildman–Crippen LogP) is 2.76. The van der Waals surface area contributed by atoms with Gasteiger partial charge in [-0.3, -0.25) is 0 Å². The minimum absolute atomic E-state index is 1.06. The zero-order valence-electron chi connectivity index (χ0n) is 8.72. The van der Waals surface area contributed by atoms with E-state index in [4.69, 9.17) is 0 Å². The van der Waals surface area contributed by atoms with Crippen LogP contribution < -0.4 is 5.32 Å². The summed E-state index contributed by atoms with van der Waals surface area (Å²) in [6, 6.07) is 8.72. The van der Waals surface area contributed by atoms with Gasteiger partial charge in [-0.25, -0.2) is 0 Å². The second-order valence-corrected chi connectivity index (χ2v) is 3.99. The quantitative estimate of drug-likeness (QED) is 0.713. The maximum absolute atomic E-state index is 3.40. The molecule has 1 aliphatic heterocycles. The summed E-state index contributed by atoms with van der Waals surface area (Å²) in [6.45, 7) is 4.36. The molecule has 0 bridgehead atoms. The van der Waals surface area contributed by atoms with Gasteiger partial charge in [-0.15, -0.1) is 0 Å². The van der Waals surface area contributed by atoms with Crippen molar-refractivity contribution in [1.82, 2.24) is 5.32 Å². The Hall–Kier alpha value is -1.08. The lowest BCUT2D eigenvalue weighted by atomic mass is 10.0. The summed E-state index contributed by atoms with van der Waals surface area (Å²) in [5.74, 6) is 0. The minimum Gasteiger partial charge on any atom is -0.313 e. The Morgan fingerprint density at radius 2 is 2.00 bits per heavy atom. The highest BCUT2D eigenvalue weighted by Gasteiger charge is 2.03. The molecule has 1 heterocycles. The van der Waals surface area contributed by atoms with Crippen molar-refractivity contribution < 1.29 is 0 Å². The second kappa shape index (κ2) is 4.43. The molecule has 14 heavy (non-hydrogen) atoms. The van der Waals surface area contributed by atoms with Crippen LogP contribution in [0.2, 0.25) is 0 Å². The number of hydrogen-bond donors (Lipinski definition) is 1. The van der Waals surface area contributed by atoms with Gasteiger partial charge in [-0.1, -0.05) is 41.5 Å². The van der Waals surface area contributed by atoms with E-state index in [0.29, 0.717) is 0 Å². The van der Waals surface area contributed by atoms with Gasteiger partial charge in [0, 0.05) is 6.54 Å². The van der Waals surface area contributed by atoms with E-state index in [1.165, 1.54) is 36.1 Å². The molecule has 1 heteroatoms. The third-order valence-electron chi connectivity index (χ3n) is 2.65. The van der Waals surface area contributed by atoms with Crippen LogP contribution >= 0.6 is 0 Å². The topological polar surface area (TPSA) is 12.0 Å². The molecule has 2 rings (SSSR count). The van der Waals surface area contributed by atoms with Crippen molar-refractivity contribution in [1.29, 1.82) is 0 Å². The average Bonchev–Trinajstić information content (AvgIpc) is 2.23. The number of benzene rings is 1. The molecule has 1 fully saturated rings. The molecule has 0 aromatic heterocycles.